The zero-order valence-electron chi connectivity index (χ0n) is 12.9. The fourth-order valence-electron chi connectivity index (χ4n) is 1.97. The fourth-order valence-corrected chi connectivity index (χ4v) is 1.97. The number of carboxylic acid groups (broad SMARTS) is 1. The van der Waals surface area contributed by atoms with Crippen LogP contribution in [0.2, 0.25) is 0 Å². The Labute approximate surface area is 139 Å². The molecule has 0 heterocycles. The lowest BCUT2D eigenvalue weighted by molar-refractivity contribution is -0.132. The first-order chi connectivity index (χ1) is 11.6. The minimum Gasteiger partial charge on any atom is -0.489 e. The first kappa shape index (κ1) is 17.0. The van der Waals surface area contributed by atoms with Gasteiger partial charge in [0.15, 0.2) is 0 Å². The van der Waals surface area contributed by atoms with Gasteiger partial charge in [-0.2, -0.15) is 0 Å². The van der Waals surface area contributed by atoms with Gasteiger partial charge in [-0.05, 0) is 24.3 Å². The second-order valence-corrected chi connectivity index (χ2v) is 4.82. The average Bonchev–Trinajstić information content (AvgIpc) is 2.61. The largest absolute Gasteiger partial charge is 0.489 e. The number of carbonyl (C=O) groups is 2. The zero-order valence-corrected chi connectivity index (χ0v) is 12.9. The van der Waals surface area contributed by atoms with E-state index in [1.165, 1.54) is 6.08 Å². The van der Waals surface area contributed by atoms with Crippen molar-refractivity contribution in [3.05, 3.63) is 84.1 Å². The number of aliphatic carboxylic acids is 1. The van der Waals surface area contributed by atoms with Crippen LogP contribution in [0.3, 0.4) is 0 Å². The summed E-state index contributed by atoms with van der Waals surface area (Å²) in [5.74, 6) is -1.23. The normalized spacial score (nSPS) is 10.8. The van der Waals surface area contributed by atoms with Crippen molar-refractivity contribution < 1.29 is 19.4 Å². The molecule has 0 aliphatic rings. The van der Waals surface area contributed by atoms with E-state index in [0.29, 0.717) is 23.5 Å². The highest BCUT2D eigenvalue weighted by Gasteiger charge is 2.14. The van der Waals surface area contributed by atoms with Crippen LogP contribution in [0.1, 0.15) is 15.9 Å². The van der Waals surface area contributed by atoms with Crippen LogP contribution < -0.4 is 10.1 Å². The summed E-state index contributed by atoms with van der Waals surface area (Å²) in [6.07, 6.45) is 2.96. The maximum absolute atomic E-state index is 12.1. The van der Waals surface area contributed by atoms with E-state index in [0.717, 1.165) is 0 Å². The predicted octanol–water partition coefficient (Wildman–Crippen LogP) is 3.11. The molecule has 5 nitrogen and oxygen atoms in total. The molecular formula is C19H17NO4. The number of ether oxygens (including phenoxy) is 1. The molecule has 2 aromatic rings. The van der Waals surface area contributed by atoms with E-state index < -0.39 is 11.9 Å². The van der Waals surface area contributed by atoms with Gasteiger partial charge in [-0.25, -0.2) is 4.79 Å². The van der Waals surface area contributed by atoms with Gasteiger partial charge in [0.25, 0.3) is 5.91 Å². The predicted molar refractivity (Wildman–Crippen MR) is 91.7 cm³/mol. The SMILES string of the molecule is C=CCOc1ccccc1/C=C(/NC(=O)c1ccccc1)C(=O)O. The van der Waals surface area contributed by atoms with Gasteiger partial charge < -0.3 is 15.2 Å². The molecule has 0 aliphatic heterocycles. The first-order valence-corrected chi connectivity index (χ1v) is 7.26. The summed E-state index contributed by atoms with van der Waals surface area (Å²) >= 11 is 0. The van der Waals surface area contributed by atoms with Gasteiger partial charge in [0.1, 0.15) is 18.1 Å². The molecule has 2 aromatic carbocycles. The molecule has 0 fully saturated rings. The molecule has 1 amide bonds. The highest BCUT2D eigenvalue weighted by atomic mass is 16.5. The van der Waals surface area contributed by atoms with Gasteiger partial charge in [0.2, 0.25) is 0 Å². The lowest BCUT2D eigenvalue weighted by Gasteiger charge is -2.09. The smallest absolute Gasteiger partial charge is 0.352 e. The molecule has 0 aromatic heterocycles. The molecule has 24 heavy (non-hydrogen) atoms. The summed E-state index contributed by atoms with van der Waals surface area (Å²) in [6.45, 7) is 3.87. The topological polar surface area (TPSA) is 75.6 Å². The zero-order chi connectivity index (χ0) is 17.4. The Morgan fingerprint density at radius 1 is 1.08 bits per heavy atom. The van der Waals surface area contributed by atoms with E-state index in [-0.39, 0.29) is 5.70 Å². The highest BCUT2D eigenvalue weighted by molar-refractivity contribution is 6.02. The summed E-state index contributed by atoms with van der Waals surface area (Å²) in [6, 6.07) is 15.4. The number of carbonyl (C=O) groups excluding carboxylic acids is 1. The first-order valence-electron chi connectivity index (χ1n) is 7.26. The van der Waals surface area contributed by atoms with Crippen LogP contribution >= 0.6 is 0 Å². The lowest BCUT2D eigenvalue weighted by Crippen LogP contribution is -2.27. The average molecular weight is 323 g/mol. The van der Waals surface area contributed by atoms with Crippen molar-refractivity contribution in [3.63, 3.8) is 0 Å². The maximum atomic E-state index is 12.1. The summed E-state index contributed by atoms with van der Waals surface area (Å²) in [5.41, 5.74) is 0.685. The Hall–Kier alpha value is -3.34. The number of hydrogen-bond acceptors (Lipinski definition) is 3. The molecule has 0 unspecified atom stereocenters. The Kier molecular flexibility index (Phi) is 5.91. The number of para-hydroxylation sites is 1. The van der Waals surface area contributed by atoms with Gasteiger partial charge in [0, 0.05) is 11.1 Å². The Balaban J connectivity index is 2.28. The number of carboxylic acids is 1. The third kappa shape index (κ3) is 4.58. The van der Waals surface area contributed by atoms with Gasteiger partial charge >= 0.3 is 5.97 Å². The molecule has 5 heteroatoms. The van der Waals surface area contributed by atoms with Crippen LogP contribution in [0.5, 0.6) is 5.75 Å². The third-order valence-corrected chi connectivity index (χ3v) is 3.09. The molecule has 0 saturated heterocycles. The van der Waals surface area contributed by atoms with E-state index in [9.17, 15) is 14.7 Å². The molecule has 0 atom stereocenters. The van der Waals surface area contributed by atoms with Crippen LogP contribution in [0.25, 0.3) is 6.08 Å². The standard InChI is InChI=1S/C19H17NO4/c1-2-12-24-17-11-7-6-10-15(17)13-16(19(22)23)20-18(21)14-8-4-3-5-9-14/h2-11,13H,1,12H2,(H,20,21)(H,22,23)/b16-13+. The van der Waals surface area contributed by atoms with E-state index in [2.05, 4.69) is 11.9 Å². The van der Waals surface area contributed by atoms with Crippen molar-refractivity contribution in [3.8, 4) is 5.75 Å². The minimum atomic E-state index is -1.24. The van der Waals surface area contributed by atoms with Crippen molar-refractivity contribution in [2.75, 3.05) is 6.61 Å². The molecule has 0 radical (unpaired) electrons. The van der Waals surface area contributed by atoms with Crippen LogP contribution in [-0.4, -0.2) is 23.6 Å². The number of benzene rings is 2. The molecule has 2 N–H and O–H groups in total. The van der Waals surface area contributed by atoms with E-state index in [1.807, 2.05) is 0 Å². The van der Waals surface area contributed by atoms with Crippen LogP contribution in [0, 0.1) is 0 Å². The summed E-state index contributed by atoms with van der Waals surface area (Å²) in [4.78, 5) is 23.6. The minimum absolute atomic E-state index is 0.237. The number of hydrogen-bond donors (Lipinski definition) is 2. The Bertz CT molecular complexity index is 766. The van der Waals surface area contributed by atoms with Gasteiger partial charge in [-0.3, -0.25) is 4.79 Å². The van der Waals surface area contributed by atoms with Crippen LogP contribution in [0.15, 0.2) is 72.9 Å². The summed E-state index contributed by atoms with van der Waals surface area (Å²) in [7, 11) is 0. The molecule has 0 bridgehead atoms. The molecule has 0 aliphatic carbocycles. The number of amides is 1. The fraction of sp³-hybridized carbons (Fsp3) is 0.0526. The summed E-state index contributed by atoms with van der Waals surface area (Å²) < 4.78 is 5.49. The maximum Gasteiger partial charge on any atom is 0.352 e. The van der Waals surface area contributed by atoms with E-state index >= 15 is 0 Å². The molecule has 0 spiro atoms. The van der Waals surface area contributed by atoms with Gasteiger partial charge in [0.05, 0.1) is 0 Å². The molecule has 0 saturated carbocycles. The second kappa shape index (κ2) is 8.33. The Morgan fingerprint density at radius 3 is 2.42 bits per heavy atom. The number of nitrogens with one attached hydrogen (secondary N) is 1. The van der Waals surface area contributed by atoms with Crippen molar-refractivity contribution >= 4 is 18.0 Å². The molecular weight excluding hydrogens is 306 g/mol. The van der Waals surface area contributed by atoms with Crippen molar-refractivity contribution in [1.29, 1.82) is 0 Å². The monoisotopic (exact) mass is 323 g/mol. The van der Waals surface area contributed by atoms with Crippen LogP contribution in [-0.2, 0) is 4.79 Å². The molecule has 2 rings (SSSR count). The van der Waals surface area contributed by atoms with Crippen LogP contribution in [0.4, 0.5) is 0 Å². The van der Waals surface area contributed by atoms with E-state index in [1.54, 1.807) is 60.7 Å². The van der Waals surface area contributed by atoms with Gasteiger partial charge in [-0.15, -0.1) is 0 Å². The van der Waals surface area contributed by atoms with Crippen molar-refractivity contribution in [1.82, 2.24) is 5.32 Å². The van der Waals surface area contributed by atoms with Gasteiger partial charge in [-0.1, -0.05) is 49.1 Å². The third-order valence-electron chi connectivity index (χ3n) is 3.09. The lowest BCUT2D eigenvalue weighted by atomic mass is 10.1. The highest BCUT2D eigenvalue weighted by Crippen LogP contribution is 2.20. The summed E-state index contributed by atoms with van der Waals surface area (Å²) in [5, 5.41) is 11.8. The number of rotatable bonds is 7. The quantitative estimate of drug-likeness (QED) is 0.606. The van der Waals surface area contributed by atoms with Crippen molar-refractivity contribution in [2.45, 2.75) is 0 Å². The Morgan fingerprint density at radius 2 is 1.75 bits per heavy atom. The van der Waals surface area contributed by atoms with E-state index in [4.69, 9.17) is 4.74 Å². The van der Waals surface area contributed by atoms with Crippen molar-refractivity contribution in [2.24, 2.45) is 0 Å². The second-order valence-electron chi connectivity index (χ2n) is 4.82. The molecule has 122 valence electrons.